The Balaban J connectivity index is 2.14. The third-order valence-corrected chi connectivity index (χ3v) is 14.5. The lowest BCUT2D eigenvalue weighted by Gasteiger charge is -2.41. The molecular weight excluding hydrogens is 1130 g/mol. The molecule has 0 radical (unpaired) electrons. The van der Waals surface area contributed by atoms with Crippen molar-refractivity contribution in [2.75, 3.05) is 0 Å². The van der Waals surface area contributed by atoms with E-state index in [0.29, 0.717) is 0 Å². The third-order valence-electron chi connectivity index (χ3n) is 14.5. The van der Waals surface area contributed by atoms with Gasteiger partial charge in [-0.05, 0) is 45.8 Å². The lowest BCUT2D eigenvalue weighted by molar-refractivity contribution is -0.277. The molecule has 0 aromatic carbocycles. The van der Waals surface area contributed by atoms with Gasteiger partial charge in [-0.25, -0.2) is 9.59 Å². The summed E-state index contributed by atoms with van der Waals surface area (Å²) in [4.78, 5) is 76.2. The zero-order valence-corrected chi connectivity index (χ0v) is 48.1. The summed E-state index contributed by atoms with van der Waals surface area (Å²) >= 11 is 0. The highest BCUT2D eigenvalue weighted by atomic mass is 16.7. The van der Waals surface area contributed by atoms with Crippen LogP contribution in [0.4, 0.5) is 0 Å². The van der Waals surface area contributed by atoms with Gasteiger partial charge in [0.2, 0.25) is 0 Å². The van der Waals surface area contributed by atoms with Gasteiger partial charge in [0.05, 0.1) is 97.6 Å². The molecule has 3 aliphatic heterocycles. The maximum atomic E-state index is 13.1. The largest absolute Gasteiger partial charge is 0.481 e. The Labute approximate surface area is 498 Å². The van der Waals surface area contributed by atoms with Crippen molar-refractivity contribution in [2.24, 2.45) is 29.4 Å². The van der Waals surface area contributed by atoms with Crippen molar-refractivity contribution in [3.8, 4) is 0 Å². The SMILES string of the molecule is CC1CC=C/C=C\C(C2CC(C)OC(=O)/C=C\C(O)C(O)CC(O)CC(=O)CC(O)C(C(=O)O)C(O)CC(O[C@@H]3O[C@H](C)[C@@H](O)[C@H](N)[C@@H]3O)\C=C/C=C\C=C/C2O)/C=C\C=C/CC(O)C(C(=O)O)C(O)CC(=O)CC(O)CC(O)C(O)/C=C\C(=O)O1. The van der Waals surface area contributed by atoms with Crippen LogP contribution in [0.2, 0.25) is 0 Å². The first-order valence-corrected chi connectivity index (χ1v) is 28.4. The summed E-state index contributed by atoms with van der Waals surface area (Å²) in [6.07, 6.45) is -8.32. The fourth-order valence-electron chi connectivity index (χ4n) is 9.76. The van der Waals surface area contributed by atoms with Crippen molar-refractivity contribution in [2.45, 2.75) is 201 Å². The second kappa shape index (κ2) is 37.8. The van der Waals surface area contributed by atoms with E-state index < -0.39 is 220 Å². The van der Waals surface area contributed by atoms with E-state index in [9.17, 15) is 105 Å². The van der Waals surface area contributed by atoms with Gasteiger partial charge < -0.3 is 101 Å². The van der Waals surface area contributed by atoms with Gasteiger partial charge in [0.15, 0.2) is 6.29 Å². The minimum atomic E-state index is -2.03. The number of Topliss-reactive ketones (excluding diaryl/α,β-unsaturated/α-hetero) is 2. The summed E-state index contributed by atoms with van der Waals surface area (Å²) in [5.74, 6) is -12.5. The van der Waals surface area contributed by atoms with Crippen LogP contribution in [0.1, 0.15) is 85.0 Å². The van der Waals surface area contributed by atoms with E-state index in [1.807, 2.05) is 0 Å². The van der Waals surface area contributed by atoms with E-state index in [2.05, 4.69) is 0 Å². The number of carbonyl (C=O) groups excluding carboxylic acids is 4. The molecule has 3 heterocycles. The summed E-state index contributed by atoms with van der Waals surface area (Å²) in [6, 6.07) is -1.25. The number of rotatable bonds is 5. The quantitative estimate of drug-likeness (QED) is 0.142. The minimum absolute atomic E-state index is 0.0898. The van der Waals surface area contributed by atoms with Gasteiger partial charge >= 0.3 is 23.9 Å². The number of nitrogens with two attached hydrogens (primary N) is 1. The van der Waals surface area contributed by atoms with Crippen LogP contribution in [0, 0.1) is 23.7 Å². The second-order valence-corrected chi connectivity index (χ2v) is 21.9. The Morgan fingerprint density at radius 3 is 1.47 bits per heavy atom. The number of hydrogen-bond donors (Lipinski definition) is 16. The monoisotopic (exact) mass is 1220 g/mol. The number of aliphatic hydroxyl groups excluding tert-OH is 13. The summed E-state index contributed by atoms with van der Waals surface area (Å²) in [7, 11) is 0. The number of esters is 2. The van der Waals surface area contributed by atoms with Gasteiger partial charge in [0.25, 0.3) is 0 Å². The Hall–Kier alpha value is -5.76. The number of allylic oxidation sites excluding steroid dienone is 10. The van der Waals surface area contributed by atoms with Crippen LogP contribution in [0.25, 0.3) is 0 Å². The van der Waals surface area contributed by atoms with E-state index in [4.69, 9.17) is 24.7 Å². The molecule has 0 bridgehead atoms. The third kappa shape index (κ3) is 26.3. The molecule has 17 N–H and O–H groups in total. The summed E-state index contributed by atoms with van der Waals surface area (Å²) in [5, 5.41) is 160. The zero-order valence-electron chi connectivity index (χ0n) is 48.1. The molecule has 482 valence electrons. The highest BCUT2D eigenvalue weighted by molar-refractivity contribution is 5.83. The van der Waals surface area contributed by atoms with Crippen molar-refractivity contribution < 1.29 is 124 Å². The molecule has 0 saturated carbocycles. The molecule has 23 atom stereocenters. The average Bonchev–Trinajstić information content (AvgIpc) is 2.74. The fraction of sp³-hybridized carbons (Fsp3) is 0.600. The van der Waals surface area contributed by atoms with Gasteiger partial charge in [-0.2, -0.15) is 0 Å². The van der Waals surface area contributed by atoms with Crippen molar-refractivity contribution in [3.05, 3.63) is 109 Å². The lowest BCUT2D eigenvalue weighted by Crippen LogP contribution is -2.61. The molecule has 0 aliphatic carbocycles. The normalized spacial score (nSPS) is 41.7. The number of hydrogen-bond acceptors (Lipinski definition) is 24. The molecule has 86 heavy (non-hydrogen) atoms. The van der Waals surface area contributed by atoms with E-state index in [0.717, 1.165) is 24.3 Å². The molecule has 3 rings (SSSR count). The van der Waals surface area contributed by atoms with Gasteiger partial charge in [0.1, 0.15) is 35.6 Å². The first-order chi connectivity index (χ1) is 40.5. The van der Waals surface area contributed by atoms with Crippen LogP contribution in [0.5, 0.6) is 0 Å². The molecule has 3 aliphatic rings. The van der Waals surface area contributed by atoms with Crippen LogP contribution in [0.3, 0.4) is 0 Å². The topological polar surface area (TPSA) is 469 Å². The lowest BCUT2D eigenvalue weighted by atomic mass is 9.82. The van der Waals surface area contributed by atoms with Crippen molar-refractivity contribution in [1.29, 1.82) is 0 Å². The van der Waals surface area contributed by atoms with E-state index >= 15 is 0 Å². The number of aliphatic carboxylic acids is 2. The fourth-order valence-corrected chi connectivity index (χ4v) is 9.76. The van der Waals surface area contributed by atoms with Crippen molar-refractivity contribution >= 4 is 35.4 Å². The van der Waals surface area contributed by atoms with E-state index in [-0.39, 0.29) is 19.3 Å². The number of carbonyl (C=O) groups is 6. The first kappa shape index (κ1) is 74.5. The minimum Gasteiger partial charge on any atom is -0.481 e. The number of aliphatic hydroxyl groups is 13. The maximum Gasteiger partial charge on any atom is 0.330 e. The number of cyclic esters (lactones) is 2. The Bertz CT molecular complexity index is 2440. The smallest absolute Gasteiger partial charge is 0.330 e. The van der Waals surface area contributed by atoms with Crippen molar-refractivity contribution in [1.82, 2.24) is 0 Å². The highest BCUT2D eigenvalue weighted by Crippen LogP contribution is 2.29. The molecule has 1 fully saturated rings. The highest BCUT2D eigenvalue weighted by Gasteiger charge is 2.44. The average molecular weight is 1220 g/mol. The van der Waals surface area contributed by atoms with E-state index in [1.165, 1.54) is 68.5 Å². The standard InChI is InChI=1S/C60H87NO25/c1-32-14-8-6-9-15-35(16-10-7-13-19-45(69)53(58(79)80)48(72)29-38(64)25-36(62)27-46(70)43(67)20-22-51(75)83-32)41-24-33(2)84-52(76)23-21-44(68)47(71)28-37(63)26-39(65)30-49(73)54(59(81)82)50(74)31-40(17-11-4-5-12-18-42(41)66)86-60-57(78)55(61)56(77)34(3)85-60/h4-13,15-18,20-23,32-37,40-50,53-57,60,62-63,66-74,77-78H,14,19,24-31,61H2,1-3H3,(H,79,80)(H,81,82)/b5-4-,8-6?,13-7-,15-9-,16-10-,17-11-,18-12-,22-20-,23-21-/t32?,33?,34-,35?,36?,37?,40?,41?,42?,43?,44?,45?,46?,47?,48?,49?,50?,53?,54?,55+,56-,57+,60+/m1/s1. The molecule has 26 heteroatoms. The summed E-state index contributed by atoms with van der Waals surface area (Å²) in [5.41, 5.74) is 6.01. The summed E-state index contributed by atoms with van der Waals surface area (Å²) < 4.78 is 22.6. The van der Waals surface area contributed by atoms with Crippen LogP contribution in [-0.2, 0) is 47.7 Å². The zero-order chi connectivity index (χ0) is 64.4. The van der Waals surface area contributed by atoms with Crippen LogP contribution in [0.15, 0.2) is 109 Å². The number of carboxylic acids is 2. The predicted molar refractivity (Wildman–Crippen MR) is 304 cm³/mol. The van der Waals surface area contributed by atoms with Crippen molar-refractivity contribution in [3.63, 3.8) is 0 Å². The van der Waals surface area contributed by atoms with Gasteiger partial charge in [-0.15, -0.1) is 0 Å². The molecule has 26 nitrogen and oxygen atoms in total. The molecule has 0 aromatic heterocycles. The number of ketones is 2. The molecular formula is C60H87NO25. The molecule has 1 saturated heterocycles. The van der Waals surface area contributed by atoms with Gasteiger partial charge in [-0.3, -0.25) is 19.2 Å². The maximum absolute atomic E-state index is 13.1. The number of ether oxygens (including phenoxy) is 4. The van der Waals surface area contributed by atoms with Crippen LogP contribution in [-0.4, -0.2) is 228 Å². The first-order valence-electron chi connectivity index (χ1n) is 28.4. The van der Waals surface area contributed by atoms with Gasteiger partial charge in [-0.1, -0.05) is 85.1 Å². The second-order valence-electron chi connectivity index (χ2n) is 21.9. The predicted octanol–water partition coefficient (Wildman–Crippen LogP) is -1.29. The molecule has 0 aromatic rings. The van der Waals surface area contributed by atoms with Crippen LogP contribution >= 0.6 is 0 Å². The Kier molecular flexibility index (Phi) is 32.8. The molecule has 0 spiro atoms. The molecule has 0 amide bonds. The Morgan fingerprint density at radius 2 is 0.953 bits per heavy atom. The molecule has 18 unspecified atom stereocenters. The van der Waals surface area contributed by atoms with E-state index in [1.54, 1.807) is 37.3 Å². The Morgan fingerprint density at radius 1 is 0.488 bits per heavy atom. The number of carboxylic acid groups (broad SMARTS) is 2. The van der Waals surface area contributed by atoms with Crippen LogP contribution < -0.4 is 5.73 Å². The van der Waals surface area contributed by atoms with Gasteiger partial charge in [0, 0.05) is 75.4 Å². The summed E-state index contributed by atoms with van der Waals surface area (Å²) in [6.45, 7) is 4.54.